The molecule has 0 unspecified atom stereocenters. The van der Waals surface area contributed by atoms with Crippen LogP contribution in [0.25, 0.3) is 0 Å². The highest BCUT2D eigenvalue weighted by atomic mass is 16.5. The van der Waals surface area contributed by atoms with Gasteiger partial charge in [0.2, 0.25) is 0 Å². The van der Waals surface area contributed by atoms with Crippen molar-refractivity contribution in [3.05, 3.63) is 41.6 Å². The lowest BCUT2D eigenvalue weighted by Crippen LogP contribution is -2.60. The molecule has 8 nitrogen and oxygen atoms in total. The molecule has 1 aromatic carbocycles. The molecule has 0 atom stereocenters. The van der Waals surface area contributed by atoms with E-state index in [1.165, 1.54) is 0 Å². The van der Waals surface area contributed by atoms with Crippen molar-refractivity contribution in [1.29, 1.82) is 0 Å². The second-order valence-electron chi connectivity index (χ2n) is 9.26. The lowest BCUT2D eigenvalue weighted by atomic mass is 9.83. The molecule has 3 saturated heterocycles. The van der Waals surface area contributed by atoms with Gasteiger partial charge in [-0.25, -0.2) is 4.98 Å². The highest BCUT2D eigenvalue weighted by Gasteiger charge is 2.38. The molecular weight excluding hydrogens is 406 g/mol. The lowest BCUT2D eigenvalue weighted by Gasteiger charge is -2.45. The van der Waals surface area contributed by atoms with Crippen molar-refractivity contribution < 1.29 is 14.6 Å². The van der Waals surface area contributed by atoms with E-state index in [0.29, 0.717) is 12.6 Å². The summed E-state index contributed by atoms with van der Waals surface area (Å²) in [5.74, 6) is 1.62. The minimum atomic E-state index is -0.803. The summed E-state index contributed by atoms with van der Waals surface area (Å²) in [5.41, 5.74) is 3.23. The second kappa shape index (κ2) is 8.19. The van der Waals surface area contributed by atoms with E-state index in [1.807, 2.05) is 24.4 Å². The van der Waals surface area contributed by atoms with Crippen LogP contribution in [0.1, 0.15) is 24.0 Å². The minimum absolute atomic E-state index is 0.462. The third-order valence-electron chi connectivity index (χ3n) is 7.43. The number of likely N-dealkylation sites (tertiary alicyclic amines) is 1. The van der Waals surface area contributed by atoms with E-state index < -0.39 is 5.60 Å². The molecule has 0 aliphatic carbocycles. The van der Waals surface area contributed by atoms with Gasteiger partial charge in [0.25, 0.3) is 0 Å². The van der Waals surface area contributed by atoms with E-state index in [-0.39, 0.29) is 0 Å². The maximum Gasteiger partial charge on any atom is 0.143 e. The van der Waals surface area contributed by atoms with Crippen LogP contribution < -0.4 is 20.3 Å². The Bertz CT molecular complexity index is 982. The third-order valence-corrected chi connectivity index (χ3v) is 7.43. The molecule has 3 fully saturated rings. The average Bonchev–Trinajstić information content (AvgIpc) is 2.99. The molecule has 170 valence electrons. The Kier molecular flexibility index (Phi) is 5.18. The Labute approximate surface area is 188 Å². The van der Waals surface area contributed by atoms with Gasteiger partial charge >= 0.3 is 0 Å². The zero-order valence-corrected chi connectivity index (χ0v) is 18.3. The molecule has 4 aliphatic heterocycles. The number of hydrogen-bond acceptors (Lipinski definition) is 8. The molecule has 0 saturated carbocycles. The summed E-state index contributed by atoms with van der Waals surface area (Å²) in [6.45, 7) is 7.67. The van der Waals surface area contributed by atoms with Crippen LogP contribution >= 0.6 is 0 Å². The van der Waals surface area contributed by atoms with Crippen LogP contribution in [0.4, 0.5) is 17.2 Å². The van der Waals surface area contributed by atoms with Crippen molar-refractivity contribution >= 4 is 17.2 Å². The maximum atomic E-state index is 11.5. The smallest absolute Gasteiger partial charge is 0.143 e. The van der Waals surface area contributed by atoms with Crippen molar-refractivity contribution in [2.24, 2.45) is 0 Å². The summed E-state index contributed by atoms with van der Waals surface area (Å²) in [5, 5.41) is 18.3. The van der Waals surface area contributed by atoms with Gasteiger partial charge in [-0.05, 0) is 36.6 Å². The Hall–Kier alpha value is -2.39. The van der Waals surface area contributed by atoms with Crippen molar-refractivity contribution in [3.8, 4) is 5.75 Å². The van der Waals surface area contributed by atoms with Gasteiger partial charge < -0.3 is 30.1 Å². The highest BCUT2D eigenvalue weighted by Crippen LogP contribution is 2.41. The Morgan fingerprint density at radius 1 is 1.06 bits per heavy atom. The second-order valence-corrected chi connectivity index (χ2v) is 9.26. The molecule has 8 heteroatoms. The predicted molar refractivity (Wildman–Crippen MR) is 123 cm³/mol. The van der Waals surface area contributed by atoms with Crippen LogP contribution in [0.15, 0.2) is 30.5 Å². The number of rotatable bonds is 3. The SMILES string of the molecule is OC1(c2ccc3c(c2)Nc2nccc(N4CCOCC4)c2CO3)CCN(C2CNC2)CC1. The monoisotopic (exact) mass is 437 g/mol. The normalized spacial score (nSPS) is 23.2. The summed E-state index contributed by atoms with van der Waals surface area (Å²) in [4.78, 5) is 9.46. The van der Waals surface area contributed by atoms with Crippen LogP contribution in [0.2, 0.25) is 0 Å². The fourth-order valence-electron chi connectivity index (χ4n) is 5.23. The zero-order valence-electron chi connectivity index (χ0n) is 18.3. The van der Waals surface area contributed by atoms with Gasteiger partial charge in [-0.2, -0.15) is 0 Å². The Balaban J connectivity index is 1.24. The molecule has 0 amide bonds. The van der Waals surface area contributed by atoms with E-state index >= 15 is 0 Å². The number of morpholine rings is 1. The fourth-order valence-corrected chi connectivity index (χ4v) is 5.23. The van der Waals surface area contributed by atoms with E-state index in [1.54, 1.807) is 0 Å². The van der Waals surface area contributed by atoms with Gasteiger partial charge in [-0.1, -0.05) is 6.07 Å². The largest absolute Gasteiger partial charge is 0.487 e. The molecule has 0 radical (unpaired) electrons. The molecule has 0 spiro atoms. The van der Waals surface area contributed by atoms with Gasteiger partial charge in [0.05, 0.1) is 30.1 Å². The van der Waals surface area contributed by atoms with Crippen LogP contribution in [0, 0.1) is 0 Å². The third kappa shape index (κ3) is 3.61. The number of pyridine rings is 1. The molecule has 4 aliphatic rings. The zero-order chi connectivity index (χ0) is 21.5. The molecule has 2 aromatic rings. The number of piperidine rings is 1. The van der Waals surface area contributed by atoms with Crippen molar-refractivity contribution in [2.75, 3.05) is 62.7 Å². The summed E-state index contributed by atoms with van der Waals surface area (Å²) >= 11 is 0. The number of hydrogen-bond donors (Lipinski definition) is 3. The van der Waals surface area contributed by atoms with Crippen molar-refractivity contribution in [3.63, 3.8) is 0 Å². The number of fused-ring (bicyclic) bond motifs is 2. The number of benzene rings is 1. The number of anilines is 3. The number of nitrogens with one attached hydrogen (secondary N) is 2. The first-order valence-electron chi connectivity index (χ1n) is 11.7. The minimum Gasteiger partial charge on any atom is -0.487 e. The summed E-state index contributed by atoms with van der Waals surface area (Å²) < 4.78 is 11.7. The summed E-state index contributed by atoms with van der Waals surface area (Å²) in [6, 6.07) is 8.74. The van der Waals surface area contributed by atoms with E-state index in [0.717, 1.165) is 99.4 Å². The quantitative estimate of drug-likeness (QED) is 0.671. The van der Waals surface area contributed by atoms with Gasteiger partial charge in [0, 0.05) is 57.2 Å². The molecule has 0 bridgehead atoms. The van der Waals surface area contributed by atoms with Crippen molar-refractivity contribution in [2.45, 2.75) is 31.1 Å². The van der Waals surface area contributed by atoms with Crippen LogP contribution in [0.3, 0.4) is 0 Å². The number of aromatic nitrogens is 1. The van der Waals surface area contributed by atoms with E-state index in [2.05, 4.69) is 31.5 Å². The van der Waals surface area contributed by atoms with Gasteiger partial charge in [0.15, 0.2) is 0 Å². The van der Waals surface area contributed by atoms with Crippen LogP contribution in [-0.4, -0.2) is 73.5 Å². The van der Waals surface area contributed by atoms with Crippen LogP contribution in [0.5, 0.6) is 5.75 Å². The number of nitrogens with zero attached hydrogens (tertiary/aromatic N) is 3. The molecule has 32 heavy (non-hydrogen) atoms. The molecule has 6 rings (SSSR count). The highest BCUT2D eigenvalue weighted by molar-refractivity contribution is 5.73. The summed E-state index contributed by atoms with van der Waals surface area (Å²) in [7, 11) is 0. The maximum absolute atomic E-state index is 11.5. The standard InChI is InChI=1S/C24H31N5O3/c30-24(4-7-28(8-5-24)18-14-25-15-18)17-1-2-22-20(13-17)27-23-19(16-32-22)21(3-6-26-23)29-9-11-31-12-10-29/h1-3,6,13,18,25,30H,4-5,7-12,14-16H2,(H,26,27). The molecule has 5 heterocycles. The Morgan fingerprint density at radius 3 is 2.62 bits per heavy atom. The van der Waals surface area contributed by atoms with Gasteiger partial charge in [-0.3, -0.25) is 4.90 Å². The van der Waals surface area contributed by atoms with Crippen LogP contribution in [-0.2, 0) is 16.9 Å². The number of aliphatic hydroxyl groups is 1. The lowest BCUT2D eigenvalue weighted by molar-refractivity contribution is -0.0408. The molecular formula is C24H31N5O3. The molecule has 1 aromatic heterocycles. The topological polar surface area (TPSA) is 82.1 Å². The van der Waals surface area contributed by atoms with Gasteiger partial charge in [-0.15, -0.1) is 0 Å². The van der Waals surface area contributed by atoms with Gasteiger partial charge in [0.1, 0.15) is 18.2 Å². The van der Waals surface area contributed by atoms with Crippen molar-refractivity contribution in [1.82, 2.24) is 15.2 Å². The van der Waals surface area contributed by atoms with E-state index in [9.17, 15) is 5.11 Å². The summed E-state index contributed by atoms with van der Waals surface area (Å²) in [6.07, 6.45) is 3.35. The predicted octanol–water partition coefficient (Wildman–Crippen LogP) is 1.81. The molecule has 3 N–H and O–H groups in total. The first kappa shape index (κ1) is 20.2. The first-order valence-corrected chi connectivity index (χ1v) is 11.7. The average molecular weight is 438 g/mol. The Morgan fingerprint density at radius 2 is 1.88 bits per heavy atom. The number of ether oxygens (including phenoxy) is 2. The van der Waals surface area contributed by atoms with E-state index in [4.69, 9.17) is 9.47 Å². The first-order chi connectivity index (χ1) is 15.7. The fraction of sp³-hybridized carbons (Fsp3) is 0.542.